The van der Waals surface area contributed by atoms with Gasteiger partial charge in [-0.15, -0.1) is 0 Å². The summed E-state index contributed by atoms with van der Waals surface area (Å²) in [5, 5.41) is 8.97. The van der Waals surface area contributed by atoms with Crippen molar-refractivity contribution >= 4 is 5.91 Å². The van der Waals surface area contributed by atoms with E-state index < -0.39 is 0 Å². The third-order valence-corrected chi connectivity index (χ3v) is 4.75. The predicted octanol–water partition coefficient (Wildman–Crippen LogP) is 0.935. The number of hydrogen-bond donors (Lipinski definition) is 1. The van der Waals surface area contributed by atoms with Crippen molar-refractivity contribution in [3.05, 3.63) is 29.8 Å². The second-order valence-corrected chi connectivity index (χ2v) is 6.08. The Balaban J connectivity index is 1.57. The van der Waals surface area contributed by atoms with Crippen LogP contribution in [-0.2, 0) is 4.79 Å². The Labute approximate surface area is 131 Å². The molecule has 5 heteroatoms. The molecule has 5 nitrogen and oxygen atoms in total. The molecule has 120 valence electrons. The summed E-state index contributed by atoms with van der Waals surface area (Å²) in [6.07, 6.45) is 0.927. The Morgan fingerprint density at radius 2 is 2.00 bits per heavy atom. The van der Waals surface area contributed by atoms with E-state index in [0.29, 0.717) is 12.5 Å². The molecule has 2 atom stereocenters. The number of methoxy groups -OCH3 is 1. The number of carbonyl (C=O) groups is 1. The lowest BCUT2D eigenvalue weighted by Gasteiger charge is -2.34. The number of β-amino-alcohol motifs (C(OH)–C–C–N with tert-alkyl or cyclic N) is 1. The number of carbonyl (C=O) groups excluding carboxylic acids is 1. The van der Waals surface area contributed by atoms with Crippen LogP contribution in [-0.4, -0.2) is 67.3 Å². The van der Waals surface area contributed by atoms with Gasteiger partial charge in [0.1, 0.15) is 5.75 Å². The number of hydrogen-bond acceptors (Lipinski definition) is 4. The smallest absolute Gasteiger partial charge is 0.226 e. The van der Waals surface area contributed by atoms with Gasteiger partial charge in [-0.1, -0.05) is 18.2 Å². The van der Waals surface area contributed by atoms with Crippen molar-refractivity contribution < 1.29 is 14.6 Å². The fourth-order valence-corrected chi connectivity index (χ4v) is 3.35. The van der Waals surface area contributed by atoms with Crippen LogP contribution >= 0.6 is 0 Å². The average Bonchev–Trinajstić information content (AvgIpc) is 3.35. The molecule has 3 rings (SSSR count). The zero-order chi connectivity index (χ0) is 15.5. The van der Waals surface area contributed by atoms with Crippen LogP contribution in [0.3, 0.4) is 0 Å². The first-order valence-corrected chi connectivity index (χ1v) is 7.99. The quantitative estimate of drug-likeness (QED) is 0.879. The van der Waals surface area contributed by atoms with E-state index in [9.17, 15) is 4.79 Å². The van der Waals surface area contributed by atoms with E-state index >= 15 is 0 Å². The van der Waals surface area contributed by atoms with Gasteiger partial charge in [0, 0.05) is 38.6 Å². The molecule has 1 aliphatic carbocycles. The summed E-state index contributed by atoms with van der Waals surface area (Å²) in [5.74, 6) is 1.58. The van der Waals surface area contributed by atoms with Gasteiger partial charge >= 0.3 is 0 Å². The second-order valence-electron chi connectivity index (χ2n) is 6.08. The van der Waals surface area contributed by atoms with Crippen LogP contribution in [0.5, 0.6) is 5.75 Å². The third-order valence-electron chi connectivity index (χ3n) is 4.75. The van der Waals surface area contributed by atoms with Crippen LogP contribution in [0.4, 0.5) is 0 Å². The predicted molar refractivity (Wildman–Crippen MR) is 83.9 cm³/mol. The monoisotopic (exact) mass is 304 g/mol. The van der Waals surface area contributed by atoms with Crippen molar-refractivity contribution in [2.45, 2.75) is 12.3 Å². The van der Waals surface area contributed by atoms with Crippen LogP contribution in [0.15, 0.2) is 24.3 Å². The van der Waals surface area contributed by atoms with E-state index in [4.69, 9.17) is 9.84 Å². The van der Waals surface area contributed by atoms with Crippen molar-refractivity contribution in [2.75, 3.05) is 46.4 Å². The summed E-state index contributed by atoms with van der Waals surface area (Å²) >= 11 is 0. The van der Waals surface area contributed by atoms with E-state index in [1.54, 1.807) is 7.11 Å². The van der Waals surface area contributed by atoms with E-state index in [1.165, 1.54) is 0 Å². The highest BCUT2D eigenvalue weighted by Crippen LogP contribution is 2.51. The van der Waals surface area contributed by atoms with E-state index in [2.05, 4.69) is 11.0 Å². The van der Waals surface area contributed by atoms with Crippen LogP contribution in [0.25, 0.3) is 0 Å². The van der Waals surface area contributed by atoms with Gasteiger partial charge in [0.15, 0.2) is 0 Å². The van der Waals surface area contributed by atoms with Gasteiger partial charge in [-0.05, 0) is 24.0 Å². The summed E-state index contributed by atoms with van der Waals surface area (Å²) in [7, 11) is 1.68. The number of aliphatic hydroxyl groups is 1. The maximum Gasteiger partial charge on any atom is 0.226 e. The number of nitrogens with zero attached hydrogens (tertiary/aromatic N) is 2. The normalized spacial score (nSPS) is 25.1. The molecular weight excluding hydrogens is 280 g/mol. The molecule has 2 aliphatic rings. The van der Waals surface area contributed by atoms with Crippen molar-refractivity contribution in [1.82, 2.24) is 9.80 Å². The Kier molecular flexibility index (Phi) is 4.64. The lowest BCUT2D eigenvalue weighted by molar-refractivity contribution is -0.134. The van der Waals surface area contributed by atoms with Crippen molar-refractivity contribution in [3.63, 3.8) is 0 Å². The molecule has 2 fully saturated rings. The number of ether oxygens (including phenoxy) is 1. The summed E-state index contributed by atoms with van der Waals surface area (Å²) in [4.78, 5) is 16.8. The summed E-state index contributed by atoms with van der Waals surface area (Å²) in [6, 6.07) is 7.99. The minimum atomic E-state index is 0.112. The number of amides is 1. The van der Waals surface area contributed by atoms with Crippen LogP contribution < -0.4 is 4.74 Å². The molecule has 1 saturated carbocycles. The largest absolute Gasteiger partial charge is 0.496 e. The zero-order valence-corrected chi connectivity index (χ0v) is 13.1. The number of para-hydroxylation sites is 1. The Hall–Kier alpha value is -1.59. The molecule has 1 aromatic carbocycles. The molecular formula is C17H24N2O3. The maximum atomic E-state index is 12.6. The number of piperazine rings is 1. The first-order valence-electron chi connectivity index (χ1n) is 7.99. The average molecular weight is 304 g/mol. The third kappa shape index (κ3) is 3.10. The summed E-state index contributed by atoms with van der Waals surface area (Å²) < 4.78 is 5.41. The topological polar surface area (TPSA) is 53.0 Å². The molecule has 1 saturated heterocycles. The minimum Gasteiger partial charge on any atom is -0.496 e. The second kappa shape index (κ2) is 6.67. The Bertz CT molecular complexity index is 526. The maximum absolute atomic E-state index is 12.6. The van der Waals surface area contributed by atoms with E-state index in [0.717, 1.165) is 43.9 Å². The highest BCUT2D eigenvalue weighted by atomic mass is 16.5. The van der Waals surface area contributed by atoms with Gasteiger partial charge in [0.2, 0.25) is 5.91 Å². The van der Waals surface area contributed by atoms with Gasteiger partial charge in [-0.25, -0.2) is 0 Å². The van der Waals surface area contributed by atoms with E-state index in [-0.39, 0.29) is 18.4 Å². The van der Waals surface area contributed by atoms with Crippen molar-refractivity contribution in [1.29, 1.82) is 0 Å². The molecule has 1 aromatic rings. The molecule has 0 unspecified atom stereocenters. The minimum absolute atomic E-state index is 0.112. The lowest BCUT2D eigenvalue weighted by atomic mass is 10.1. The highest BCUT2D eigenvalue weighted by molar-refractivity contribution is 5.83. The molecule has 1 heterocycles. The van der Waals surface area contributed by atoms with Gasteiger partial charge in [-0.2, -0.15) is 0 Å². The fourth-order valence-electron chi connectivity index (χ4n) is 3.35. The number of benzene rings is 1. The molecule has 0 aromatic heterocycles. The van der Waals surface area contributed by atoms with Crippen LogP contribution in [0.1, 0.15) is 17.9 Å². The standard InChI is InChI=1S/C17H24N2O3/c1-22-16-5-3-2-4-13(16)14-12-15(14)17(21)19-8-6-18(7-9-19)10-11-20/h2-5,14-15,20H,6-12H2,1H3/t14-,15+/m1/s1. The van der Waals surface area contributed by atoms with E-state index in [1.807, 2.05) is 23.1 Å². The SMILES string of the molecule is COc1ccccc1[C@H]1C[C@@H]1C(=O)N1CCN(CCO)CC1. The van der Waals surface area contributed by atoms with Crippen molar-refractivity contribution in [2.24, 2.45) is 5.92 Å². The molecule has 0 spiro atoms. The molecule has 1 aliphatic heterocycles. The Morgan fingerprint density at radius 1 is 1.27 bits per heavy atom. The van der Waals surface area contributed by atoms with Gasteiger partial charge in [0.05, 0.1) is 13.7 Å². The summed E-state index contributed by atoms with van der Waals surface area (Å²) in [6.45, 7) is 4.15. The fraction of sp³-hybridized carbons (Fsp3) is 0.588. The van der Waals surface area contributed by atoms with Gasteiger partial charge in [-0.3, -0.25) is 9.69 Å². The summed E-state index contributed by atoms with van der Waals surface area (Å²) in [5.41, 5.74) is 1.15. The van der Waals surface area contributed by atoms with Crippen LogP contribution in [0, 0.1) is 5.92 Å². The number of aliphatic hydroxyl groups excluding tert-OH is 1. The van der Waals surface area contributed by atoms with Gasteiger partial charge < -0.3 is 14.7 Å². The molecule has 0 bridgehead atoms. The van der Waals surface area contributed by atoms with Crippen molar-refractivity contribution in [3.8, 4) is 5.75 Å². The van der Waals surface area contributed by atoms with Gasteiger partial charge in [0.25, 0.3) is 0 Å². The highest BCUT2D eigenvalue weighted by Gasteiger charge is 2.47. The lowest BCUT2D eigenvalue weighted by Crippen LogP contribution is -2.49. The molecule has 22 heavy (non-hydrogen) atoms. The first-order chi connectivity index (χ1) is 10.7. The molecule has 0 radical (unpaired) electrons. The first kappa shape index (κ1) is 15.3. The molecule has 1 N–H and O–H groups in total. The Morgan fingerprint density at radius 3 is 2.68 bits per heavy atom. The molecule has 1 amide bonds. The number of rotatable bonds is 5. The van der Waals surface area contributed by atoms with Crippen LogP contribution in [0.2, 0.25) is 0 Å². The zero-order valence-electron chi connectivity index (χ0n) is 13.1.